The Labute approximate surface area is 228 Å². The Morgan fingerprint density at radius 3 is 1.97 bits per heavy atom. The number of para-hydroxylation sites is 1. The van der Waals surface area contributed by atoms with Crippen LogP contribution < -0.4 is 4.40 Å². The third-order valence-corrected chi connectivity index (χ3v) is 10.1. The minimum absolute atomic E-state index is 0. The number of aromatic nitrogens is 2. The molecule has 1 radical (unpaired) electrons. The van der Waals surface area contributed by atoms with Crippen molar-refractivity contribution >= 4 is 39.6 Å². The minimum atomic E-state index is -2.01. The second-order valence-electron chi connectivity index (χ2n) is 9.34. The molecule has 181 valence electrons. The topological polar surface area (TPSA) is 38.9 Å². The summed E-state index contributed by atoms with van der Waals surface area (Å²) in [6.07, 6.45) is 3.65. The summed E-state index contributed by atoms with van der Waals surface area (Å²) in [6.45, 7) is 0. The molecule has 0 aliphatic heterocycles. The Hall–Kier alpha value is -3.05. The van der Waals surface area contributed by atoms with E-state index in [1.807, 2.05) is 79.0 Å². The van der Waals surface area contributed by atoms with Gasteiger partial charge in [0.1, 0.15) is 0 Å². The number of rotatable bonds is 3. The molecule has 6 aromatic rings. The molecule has 0 aliphatic carbocycles. The smallest absolute Gasteiger partial charge is 0.0160 e. The number of nitrogens with zero attached hydrogens (tertiary/aromatic N) is 2. The van der Waals surface area contributed by atoms with Crippen LogP contribution in [0.4, 0.5) is 0 Å². The molecular weight excluding hydrogens is 681 g/mol. The van der Waals surface area contributed by atoms with E-state index in [1.165, 1.54) is 9.78 Å². The molecule has 3 heterocycles. The number of hydrogen-bond donors (Lipinski definition) is 0. The maximum atomic E-state index is 6.36. The minimum Gasteiger partial charge on any atom is -0.305 e. The second kappa shape index (κ2) is 11.3. The predicted octanol–water partition coefficient (Wildman–Crippen LogP) is 7.54. The van der Waals surface area contributed by atoms with Crippen molar-refractivity contribution in [2.45, 2.75) is 17.3 Å². The Kier molecular flexibility index (Phi) is 8.20. The van der Waals surface area contributed by atoms with Crippen molar-refractivity contribution in [2.24, 2.45) is 0 Å². The number of pyridine rings is 2. The molecule has 0 atom stereocenters. The van der Waals surface area contributed by atoms with Gasteiger partial charge in [0, 0.05) is 26.3 Å². The van der Waals surface area contributed by atoms with Crippen LogP contribution in [0.5, 0.6) is 0 Å². The predicted molar refractivity (Wildman–Crippen MR) is 147 cm³/mol. The van der Waals surface area contributed by atoms with Gasteiger partial charge in [0.05, 0.1) is 0 Å². The Balaban J connectivity index is 0.000000198. The molecule has 0 unspecified atom stereocenters. The van der Waals surface area contributed by atoms with Gasteiger partial charge in [-0.25, -0.2) is 0 Å². The van der Waals surface area contributed by atoms with Gasteiger partial charge in [0.25, 0.3) is 0 Å². The van der Waals surface area contributed by atoms with Crippen LogP contribution in [0.1, 0.15) is 0 Å². The first-order chi connectivity index (χ1) is 17.0. The Morgan fingerprint density at radius 2 is 1.33 bits per heavy atom. The summed E-state index contributed by atoms with van der Waals surface area (Å²) in [5, 5.41) is 2.33. The molecule has 0 N–H and O–H groups in total. The summed E-state index contributed by atoms with van der Waals surface area (Å²) in [4.78, 5) is 8.77. The quantitative estimate of drug-likeness (QED) is 0.141. The first kappa shape index (κ1) is 26.0. The first-order valence-electron chi connectivity index (χ1n) is 11.7. The summed E-state index contributed by atoms with van der Waals surface area (Å²) >= 11 is -2.01. The molecule has 0 bridgehead atoms. The van der Waals surface area contributed by atoms with E-state index < -0.39 is 13.3 Å². The normalized spacial score (nSPS) is 11.0. The summed E-state index contributed by atoms with van der Waals surface area (Å²) in [6, 6.07) is 36.6. The van der Waals surface area contributed by atoms with Gasteiger partial charge in [-0.1, -0.05) is 12.1 Å². The van der Waals surface area contributed by atoms with Crippen molar-refractivity contribution in [3.05, 3.63) is 116 Å². The van der Waals surface area contributed by atoms with Crippen molar-refractivity contribution in [1.29, 1.82) is 0 Å². The zero-order valence-electron chi connectivity index (χ0n) is 20.5. The van der Waals surface area contributed by atoms with Crippen LogP contribution in [0.2, 0.25) is 17.3 Å². The summed E-state index contributed by atoms with van der Waals surface area (Å²) in [7, 11) is 0. The third-order valence-electron chi connectivity index (χ3n) is 5.84. The van der Waals surface area contributed by atoms with E-state index in [-0.39, 0.29) is 20.1 Å². The van der Waals surface area contributed by atoms with Crippen molar-refractivity contribution in [2.75, 3.05) is 0 Å². The third kappa shape index (κ3) is 5.52. The average molecular weight is 707 g/mol. The molecule has 36 heavy (non-hydrogen) atoms. The van der Waals surface area contributed by atoms with Gasteiger partial charge in [-0.05, 0) is 11.8 Å². The van der Waals surface area contributed by atoms with Gasteiger partial charge in [-0.3, -0.25) is 0 Å². The van der Waals surface area contributed by atoms with Gasteiger partial charge in [-0.2, -0.15) is 0 Å². The number of fused-ring (bicyclic) bond motifs is 3. The van der Waals surface area contributed by atoms with Gasteiger partial charge >= 0.3 is 138 Å². The molecule has 3 nitrogen and oxygen atoms in total. The van der Waals surface area contributed by atoms with Gasteiger partial charge in [0.15, 0.2) is 0 Å². The van der Waals surface area contributed by atoms with E-state index in [0.29, 0.717) is 0 Å². The van der Waals surface area contributed by atoms with Gasteiger partial charge < -0.3 is 4.98 Å². The van der Waals surface area contributed by atoms with Crippen LogP contribution in [0.3, 0.4) is 0 Å². The Morgan fingerprint density at radius 1 is 0.639 bits per heavy atom. The van der Waals surface area contributed by atoms with Crippen LogP contribution in [-0.4, -0.2) is 23.2 Å². The molecule has 0 fully saturated rings. The van der Waals surface area contributed by atoms with E-state index in [4.69, 9.17) is 4.42 Å². The zero-order valence-corrected chi connectivity index (χ0v) is 24.9. The van der Waals surface area contributed by atoms with Crippen LogP contribution in [-0.2, 0) is 20.1 Å². The molecule has 0 saturated carbocycles. The fourth-order valence-corrected chi connectivity index (χ4v) is 7.19. The zero-order chi connectivity index (χ0) is 24.3. The largest absolute Gasteiger partial charge is 0.305 e. The molecule has 6 rings (SSSR count). The maximum absolute atomic E-state index is 6.36. The van der Waals surface area contributed by atoms with Crippen molar-refractivity contribution in [3.8, 4) is 22.5 Å². The summed E-state index contributed by atoms with van der Waals surface area (Å²) in [5.41, 5.74) is 5.75. The molecular formula is C31H26GeIrN2O-2. The van der Waals surface area contributed by atoms with Crippen LogP contribution in [0.15, 0.2) is 108 Å². The Bertz CT molecular complexity index is 1520. The fourth-order valence-electron chi connectivity index (χ4n) is 4.12. The second-order valence-corrected chi connectivity index (χ2v) is 19.9. The molecule has 5 heteroatoms. The average Bonchev–Trinajstić information content (AvgIpc) is 3.29. The van der Waals surface area contributed by atoms with Crippen LogP contribution in [0.25, 0.3) is 44.5 Å². The SMILES string of the molecule is [CH3][Ge]([CH3])([CH3])[c]1cccc2c1oc1c(-c3[c-]cccc3)nccc12.[Ir].[c-]1ccccc1-c1ccccn1. The van der Waals surface area contributed by atoms with E-state index in [0.717, 1.165) is 39.1 Å². The molecule has 0 amide bonds. The maximum Gasteiger partial charge on any atom is 0.0160 e. The molecule has 0 saturated heterocycles. The van der Waals surface area contributed by atoms with E-state index >= 15 is 0 Å². The van der Waals surface area contributed by atoms with Crippen LogP contribution in [0, 0.1) is 12.1 Å². The molecule has 0 aliphatic rings. The standard InChI is InChI=1S/C20H18GeNO.C11H8N.Ir/c1-21(2,3)17-11-7-10-15-16-12-13-22-18(20(16)23-19(15)17)14-8-5-4-6-9-14;1-2-6-10(7-3-1)11-8-4-5-9-12-11;/h4-8,10-13H,1-3H3;1-6,8-9H;/q2*-1;. The van der Waals surface area contributed by atoms with Gasteiger partial charge in [-0.15, -0.1) is 35.9 Å². The number of hydrogen-bond acceptors (Lipinski definition) is 3. The van der Waals surface area contributed by atoms with Crippen molar-refractivity contribution < 1.29 is 24.5 Å². The van der Waals surface area contributed by atoms with Crippen molar-refractivity contribution in [3.63, 3.8) is 0 Å². The summed E-state index contributed by atoms with van der Waals surface area (Å²) in [5.74, 6) is 7.18. The molecule has 0 spiro atoms. The number of benzene rings is 3. The summed E-state index contributed by atoms with van der Waals surface area (Å²) < 4.78 is 7.76. The fraction of sp³-hybridized carbons (Fsp3) is 0.0968. The van der Waals surface area contributed by atoms with E-state index in [2.05, 4.69) is 57.6 Å². The van der Waals surface area contributed by atoms with Crippen molar-refractivity contribution in [1.82, 2.24) is 9.97 Å². The molecule has 3 aromatic carbocycles. The molecule has 3 aromatic heterocycles. The first-order valence-corrected chi connectivity index (χ1v) is 19.0. The van der Waals surface area contributed by atoms with Crippen LogP contribution >= 0.6 is 0 Å². The monoisotopic (exact) mass is 709 g/mol. The van der Waals surface area contributed by atoms with E-state index in [9.17, 15) is 0 Å². The number of furan rings is 1. The van der Waals surface area contributed by atoms with E-state index in [1.54, 1.807) is 6.20 Å². The van der Waals surface area contributed by atoms with Gasteiger partial charge in [0.2, 0.25) is 0 Å².